The molecule has 2 amide bonds. The van der Waals surface area contributed by atoms with Crippen LogP contribution in [0.4, 0.5) is 4.79 Å². The van der Waals surface area contributed by atoms with Crippen LogP contribution in [-0.4, -0.2) is 46.0 Å². The second-order valence-electron chi connectivity index (χ2n) is 5.45. The molecule has 2 rings (SSSR count). The van der Waals surface area contributed by atoms with Crippen LogP contribution in [-0.2, 0) is 11.3 Å². The molecule has 21 heavy (non-hydrogen) atoms. The lowest BCUT2D eigenvalue weighted by molar-refractivity contribution is -0.142. The highest BCUT2D eigenvalue weighted by molar-refractivity contribution is 5.78. The van der Waals surface area contributed by atoms with E-state index in [4.69, 9.17) is 5.11 Å². The van der Waals surface area contributed by atoms with Crippen molar-refractivity contribution in [3.05, 3.63) is 35.9 Å². The number of aliphatic carboxylic acids is 1. The summed E-state index contributed by atoms with van der Waals surface area (Å²) >= 11 is 0. The van der Waals surface area contributed by atoms with Gasteiger partial charge in [-0.05, 0) is 25.8 Å². The van der Waals surface area contributed by atoms with Crippen molar-refractivity contribution in [2.75, 3.05) is 13.1 Å². The van der Waals surface area contributed by atoms with E-state index in [0.29, 0.717) is 26.1 Å². The first-order valence-corrected chi connectivity index (χ1v) is 7.36. The topological polar surface area (TPSA) is 60.9 Å². The molecule has 2 atom stereocenters. The number of carboxylic acid groups (broad SMARTS) is 1. The molecule has 2 unspecified atom stereocenters. The number of benzene rings is 1. The van der Waals surface area contributed by atoms with E-state index in [1.54, 1.807) is 9.80 Å². The summed E-state index contributed by atoms with van der Waals surface area (Å²) in [5.74, 6) is -1.27. The van der Waals surface area contributed by atoms with Crippen molar-refractivity contribution >= 4 is 12.0 Å². The van der Waals surface area contributed by atoms with Crippen molar-refractivity contribution in [2.45, 2.75) is 32.9 Å². The van der Waals surface area contributed by atoms with Gasteiger partial charge >= 0.3 is 12.0 Å². The number of hydrogen-bond donors (Lipinski definition) is 1. The standard InChI is InChI=1S/C16H22N2O3/c1-3-17(11-13-7-5-4-6-8-13)16(21)18-10-9-14(12(18)2)15(19)20/h4-8,12,14H,3,9-11H2,1-2H3,(H,19,20). The number of amides is 2. The van der Waals surface area contributed by atoms with Crippen LogP contribution in [0, 0.1) is 5.92 Å². The van der Waals surface area contributed by atoms with E-state index in [9.17, 15) is 9.59 Å². The maximum Gasteiger partial charge on any atom is 0.320 e. The van der Waals surface area contributed by atoms with Gasteiger partial charge in [0.2, 0.25) is 0 Å². The Morgan fingerprint density at radius 1 is 1.33 bits per heavy atom. The zero-order valence-electron chi connectivity index (χ0n) is 12.5. The van der Waals surface area contributed by atoms with Crippen LogP contribution >= 0.6 is 0 Å². The second kappa shape index (κ2) is 6.61. The molecule has 1 fully saturated rings. The minimum absolute atomic E-state index is 0.0717. The molecular formula is C16H22N2O3. The van der Waals surface area contributed by atoms with Gasteiger partial charge in [0.05, 0.1) is 5.92 Å². The average Bonchev–Trinajstić information content (AvgIpc) is 2.87. The van der Waals surface area contributed by atoms with Gasteiger partial charge in [0.25, 0.3) is 0 Å². The van der Waals surface area contributed by atoms with E-state index >= 15 is 0 Å². The minimum Gasteiger partial charge on any atom is -0.481 e. The maximum absolute atomic E-state index is 12.6. The maximum atomic E-state index is 12.6. The van der Waals surface area contributed by atoms with Gasteiger partial charge in [-0.25, -0.2) is 4.79 Å². The van der Waals surface area contributed by atoms with Crippen molar-refractivity contribution in [2.24, 2.45) is 5.92 Å². The summed E-state index contributed by atoms with van der Waals surface area (Å²) in [5.41, 5.74) is 1.08. The smallest absolute Gasteiger partial charge is 0.320 e. The molecule has 0 spiro atoms. The van der Waals surface area contributed by atoms with Crippen molar-refractivity contribution in [1.82, 2.24) is 9.80 Å². The number of carbonyl (C=O) groups is 2. The van der Waals surface area contributed by atoms with Gasteiger partial charge in [0, 0.05) is 25.7 Å². The molecule has 5 nitrogen and oxygen atoms in total. The summed E-state index contributed by atoms with van der Waals surface area (Å²) in [6, 6.07) is 9.51. The van der Waals surface area contributed by atoms with Gasteiger partial charge < -0.3 is 14.9 Å². The molecule has 1 heterocycles. The monoisotopic (exact) mass is 290 g/mol. The Labute approximate surface area is 125 Å². The third kappa shape index (κ3) is 3.35. The zero-order chi connectivity index (χ0) is 15.4. The van der Waals surface area contributed by atoms with E-state index in [2.05, 4.69) is 0 Å². The van der Waals surface area contributed by atoms with Gasteiger partial charge in [-0.3, -0.25) is 4.79 Å². The first-order valence-electron chi connectivity index (χ1n) is 7.36. The first-order chi connectivity index (χ1) is 10.0. The molecule has 5 heteroatoms. The number of rotatable bonds is 4. The molecule has 0 bridgehead atoms. The predicted octanol–water partition coefficient (Wildman–Crippen LogP) is 2.42. The Bertz CT molecular complexity index is 504. The lowest BCUT2D eigenvalue weighted by atomic mass is 10.0. The van der Waals surface area contributed by atoms with Gasteiger partial charge in [0.15, 0.2) is 0 Å². The Balaban J connectivity index is 2.05. The second-order valence-corrected chi connectivity index (χ2v) is 5.45. The fourth-order valence-electron chi connectivity index (χ4n) is 2.84. The quantitative estimate of drug-likeness (QED) is 0.926. The largest absolute Gasteiger partial charge is 0.481 e. The van der Waals surface area contributed by atoms with E-state index in [0.717, 1.165) is 5.56 Å². The van der Waals surface area contributed by atoms with E-state index in [1.165, 1.54) is 0 Å². The number of hydrogen-bond acceptors (Lipinski definition) is 2. The highest BCUT2D eigenvalue weighted by atomic mass is 16.4. The van der Waals surface area contributed by atoms with Crippen molar-refractivity contribution < 1.29 is 14.7 Å². The normalized spacial score (nSPS) is 21.3. The summed E-state index contributed by atoms with van der Waals surface area (Å²) in [7, 11) is 0. The summed E-state index contributed by atoms with van der Waals surface area (Å²) < 4.78 is 0. The molecule has 1 aromatic carbocycles. The van der Waals surface area contributed by atoms with E-state index < -0.39 is 11.9 Å². The molecule has 114 valence electrons. The van der Waals surface area contributed by atoms with Crippen molar-refractivity contribution in [3.63, 3.8) is 0 Å². The Morgan fingerprint density at radius 3 is 2.52 bits per heavy atom. The molecule has 1 aromatic rings. The fourth-order valence-corrected chi connectivity index (χ4v) is 2.84. The SMILES string of the molecule is CCN(Cc1ccccc1)C(=O)N1CCC(C(=O)O)C1C. The average molecular weight is 290 g/mol. The summed E-state index contributed by atoms with van der Waals surface area (Å²) in [6.07, 6.45) is 0.533. The molecular weight excluding hydrogens is 268 g/mol. The number of urea groups is 1. The Morgan fingerprint density at radius 2 is 2.00 bits per heavy atom. The van der Waals surface area contributed by atoms with Crippen LogP contribution < -0.4 is 0 Å². The van der Waals surface area contributed by atoms with Crippen LogP contribution in [0.25, 0.3) is 0 Å². The third-order valence-corrected chi connectivity index (χ3v) is 4.19. The fraction of sp³-hybridized carbons (Fsp3) is 0.500. The summed E-state index contributed by atoms with van der Waals surface area (Å²) in [4.78, 5) is 27.2. The lowest BCUT2D eigenvalue weighted by Gasteiger charge is -2.30. The number of nitrogens with zero attached hydrogens (tertiary/aromatic N) is 2. The molecule has 0 aliphatic carbocycles. The van der Waals surface area contributed by atoms with Gasteiger partial charge in [0.1, 0.15) is 0 Å². The Kier molecular flexibility index (Phi) is 4.83. The number of carbonyl (C=O) groups excluding carboxylic acids is 1. The molecule has 0 aromatic heterocycles. The van der Waals surface area contributed by atoms with Crippen LogP contribution in [0.3, 0.4) is 0 Å². The molecule has 0 saturated carbocycles. The number of carboxylic acids is 1. The Hall–Kier alpha value is -2.04. The van der Waals surface area contributed by atoms with E-state index in [1.807, 2.05) is 44.2 Å². The van der Waals surface area contributed by atoms with Crippen LogP contribution in [0.2, 0.25) is 0 Å². The van der Waals surface area contributed by atoms with Crippen LogP contribution in [0.15, 0.2) is 30.3 Å². The van der Waals surface area contributed by atoms with Gasteiger partial charge in [-0.2, -0.15) is 0 Å². The minimum atomic E-state index is -0.816. The molecule has 1 aliphatic rings. The highest BCUT2D eigenvalue weighted by Crippen LogP contribution is 2.25. The van der Waals surface area contributed by atoms with Crippen molar-refractivity contribution in [3.8, 4) is 0 Å². The van der Waals surface area contributed by atoms with E-state index in [-0.39, 0.29) is 12.1 Å². The van der Waals surface area contributed by atoms with Gasteiger partial charge in [-0.15, -0.1) is 0 Å². The first kappa shape index (κ1) is 15.4. The molecule has 0 radical (unpaired) electrons. The summed E-state index contributed by atoms with van der Waals surface area (Å²) in [6.45, 7) is 5.43. The number of likely N-dealkylation sites (tertiary alicyclic amines) is 1. The third-order valence-electron chi connectivity index (χ3n) is 4.19. The molecule has 1 saturated heterocycles. The highest BCUT2D eigenvalue weighted by Gasteiger charge is 2.39. The predicted molar refractivity (Wildman–Crippen MR) is 79.8 cm³/mol. The molecule has 1 N–H and O–H groups in total. The van der Waals surface area contributed by atoms with Crippen LogP contribution in [0.1, 0.15) is 25.8 Å². The van der Waals surface area contributed by atoms with Crippen molar-refractivity contribution in [1.29, 1.82) is 0 Å². The lowest BCUT2D eigenvalue weighted by Crippen LogP contribution is -2.45. The zero-order valence-corrected chi connectivity index (χ0v) is 12.5. The molecule has 1 aliphatic heterocycles. The summed E-state index contributed by atoms with van der Waals surface area (Å²) in [5, 5.41) is 9.16. The van der Waals surface area contributed by atoms with Gasteiger partial charge in [-0.1, -0.05) is 30.3 Å². The van der Waals surface area contributed by atoms with Crippen LogP contribution in [0.5, 0.6) is 0 Å².